The van der Waals surface area contributed by atoms with Gasteiger partial charge in [0.1, 0.15) is 0 Å². The van der Waals surface area contributed by atoms with Crippen molar-refractivity contribution < 1.29 is 49.2 Å². The van der Waals surface area contributed by atoms with Gasteiger partial charge in [0.15, 0.2) is 0 Å². The van der Waals surface area contributed by atoms with Crippen molar-refractivity contribution in [3.63, 3.8) is 0 Å². The summed E-state index contributed by atoms with van der Waals surface area (Å²) in [7, 11) is -6.38. The van der Waals surface area contributed by atoms with E-state index in [1.54, 1.807) is 48.5 Å². The predicted octanol–water partition coefficient (Wildman–Crippen LogP) is 8.46. The fourth-order valence-corrected chi connectivity index (χ4v) is 9.02. The van der Waals surface area contributed by atoms with Gasteiger partial charge in [0.05, 0.1) is 0 Å². The number of hydrogen-bond donors (Lipinski definition) is 0. The number of ketones is 1. The molecule has 0 aliphatic carbocycles. The third-order valence-corrected chi connectivity index (χ3v) is 10.6. The van der Waals surface area contributed by atoms with E-state index in [1.165, 1.54) is 36.4 Å². The summed E-state index contributed by atoms with van der Waals surface area (Å²) < 4.78 is 114. The molecule has 0 N–H and O–H groups in total. The minimum absolute atomic E-state index is 0.184. The zero-order chi connectivity index (χ0) is 29.6. The Kier molecular flexibility index (Phi) is 5.29. The predicted molar refractivity (Wildman–Crippen MR) is 143 cm³/mol. The molecule has 42 heavy (non-hydrogen) atoms. The van der Waals surface area contributed by atoms with Crippen LogP contribution in [-0.2, 0) is 4.52 Å². The van der Waals surface area contributed by atoms with Gasteiger partial charge in [0, 0.05) is 0 Å². The summed E-state index contributed by atoms with van der Waals surface area (Å²) in [5.74, 6) is -3.40. The van der Waals surface area contributed by atoms with E-state index in [1.807, 2.05) is 0 Å². The molecule has 5 aromatic carbocycles. The van der Waals surface area contributed by atoms with Crippen molar-refractivity contribution >= 4 is 40.1 Å². The van der Waals surface area contributed by atoms with E-state index in [-0.39, 0.29) is 11.5 Å². The van der Waals surface area contributed by atoms with Crippen LogP contribution in [0.4, 0.5) is 26.3 Å². The van der Waals surface area contributed by atoms with Gasteiger partial charge in [-0.25, -0.2) is 0 Å². The van der Waals surface area contributed by atoms with Gasteiger partial charge in [-0.15, -0.1) is 0 Å². The fourth-order valence-electron chi connectivity index (χ4n) is 5.46. The van der Waals surface area contributed by atoms with E-state index < -0.39 is 47.9 Å². The molecule has 5 nitrogen and oxygen atoms in total. The van der Waals surface area contributed by atoms with Crippen LogP contribution in [0.5, 0.6) is 17.2 Å². The molecule has 0 saturated heterocycles. The van der Waals surface area contributed by atoms with Crippen molar-refractivity contribution in [2.75, 3.05) is 0 Å². The molecule has 1 spiro atoms. The average molecular weight is 602 g/mol. The molecular weight excluding hydrogens is 585 g/mol. The van der Waals surface area contributed by atoms with Crippen LogP contribution >= 0.6 is 7.51 Å². The Hall–Kier alpha value is -4.34. The standard InChI is InChI=1S/C30H17F6O5P/c31-29(32,33)28(30(34,35)36)27(37)23-16-8-9-17-24(23)38-42(41-28,18-10-2-1-3-11-18)39-25-21-14-6-4-12-19(21)20-13-5-7-15-22(20)26(25)40-42/h1-17H. The molecular formula is C30H17F6O5P. The van der Waals surface area contributed by atoms with Gasteiger partial charge in [-0.3, -0.25) is 0 Å². The maximum absolute atomic E-state index is 15.0. The fraction of sp³-hybridized carbons (Fsp3) is 0.100. The second-order valence-corrected chi connectivity index (χ2v) is 12.6. The molecule has 2 heterocycles. The van der Waals surface area contributed by atoms with E-state index in [0.29, 0.717) is 21.5 Å². The Morgan fingerprint density at radius 1 is 0.548 bits per heavy atom. The number of Topliss-reactive ketones (excluding diaryl/α,β-unsaturated/α-hetero) is 1. The molecule has 2 aliphatic rings. The first kappa shape index (κ1) is 26.6. The normalized spacial score (nSPS) is 19.5. The first-order valence-corrected chi connectivity index (χ1v) is 14.4. The summed E-state index contributed by atoms with van der Waals surface area (Å²) in [5, 5.41) is 1.43. The summed E-state index contributed by atoms with van der Waals surface area (Å²) in [5.41, 5.74) is -6.42. The Morgan fingerprint density at radius 3 is 1.52 bits per heavy atom. The first-order valence-electron chi connectivity index (χ1n) is 12.5. The Bertz CT molecular complexity index is 1840. The van der Waals surface area contributed by atoms with Gasteiger partial charge in [0.2, 0.25) is 0 Å². The van der Waals surface area contributed by atoms with E-state index in [2.05, 4.69) is 0 Å². The minimum atomic E-state index is -6.38. The quantitative estimate of drug-likeness (QED) is 0.110. The van der Waals surface area contributed by atoms with Crippen molar-refractivity contribution in [2.24, 2.45) is 0 Å². The number of halogens is 6. The first-order chi connectivity index (χ1) is 19.9. The van der Waals surface area contributed by atoms with Gasteiger partial charge in [-0.05, 0) is 0 Å². The average Bonchev–Trinajstić information content (AvgIpc) is 3.27. The molecule has 214 valence electrons. The van der Waals surface area contributed by atoms with Gasteiger partial charge >= 0.3 is 233 Å². The molecule has 2 aliphatic heterocycles. The number of benzene rings is 5. The van der Waals surface area contributed by atoms with Crippen LogP contribution in [-0.4, -0.2) is 23.7 Å². The number of carbonyl (C=O) groups is 1. The Labute approximate surface area is 233 Å². The molecule has 0 amide bonds. The summed E-state index contributed by atoms with van der Waals surface area (Å²) in [4.78, 5) is 13.5. The number of carbonyl (C=O) groups excluding carboxylic acids is 1. The van der Waals surface area contributed by atoms with Crippen molar-refractivity contribution in [1.29, 1.82) is 0 Å². The van der Waals surface area contributed by atoms with Crippen LogP contribution in [0.2, 0.25) is 0 Å². The van der Waals surface area contributed by atoms with Crippen molar-refractivity contribution in [3.8, 4) is 17.2 Å². The molecule has 0 fully saturated rings. The summed E-state index contributed by atoms with van der Waals surface area (Å²) in [6.07, 6.45) is -12.6. The molecule has 5 aromatic rings. The number of rotatable bonds is 1. The van der Waals surface area contributed by atoms with Crippen LogP contribution in [0.15, 0.2) is 103 Å². The second-order valence-electron chi connectivity index (χ2n) is 9.76. The number of alkyl halides is 6. The van der Waals surface area contributed by atoms with Crippen molar-refractivity contribution in [3.05, 3.63) is 109 Å². The van der Waals surface area contributed by atoms with E-state index in [9.17, 15) is 31.1 Å². The van der Waals surface area contributed by atoms with Crippen LogP contribution in [0.25, 0.3) is 21.5 Å². The third kappa shape index (κ3) is 3.32. The summed E-state index contributed by atoms with van der Waals surface area (Å²) in [6.45, 7) is 0. The van der Waals surface area contributed by atoms with Crippen LogP contribution < -0.4 is 18.9 Å². The molecule has 12 heteroatoms. The van der Waals surface area contributed by atoms with Crippen LogP contribution in [0, 0.1) is 0 Å². The molecule has 7 rings (SSSR count). The molecule has 0 unspecified atom stereocenters. The van der Waals surface area contributed by atoms with Crippen LogP contribution in [0.3, 0.4) is 0 Å². The van der Waals surface area contributed by atoms with Crippen molar-refractivity contribution in [2.45, 2.75) is 18.0 Å². The monoisotopic (exact) mass is 602 g/mol. The zero-order valence-electron chi connectivity index (χ0n) is 21.1. The maximum atomic E-state index is 15.0. The third-order valence-electron chi connectivity index (χ3n) is 7.32. The van der Waals surface area contributed by atoms with Crippen LogP contribution in [0.1, 0.15) is 10.4 Å². The van der Waals surface area contributed by atoms with Gasteiger partial charge < -0.3 is 0 Å². The molecule has 0 radical (unpaired) electrons. The van der Waals surface area contributed by atoms with E-state index in [0.717, 1.165) is 18.2 Å². The van der Waals surface area contributed by atoms with E-state index in [4.69, 9.17) is 18.1 Å². The SMILES string of the molecule is O=C1c2ccccc2OP2(c3ccccc3)(Oc3c(c4ccccc4c4ccccc34)O2)OC1(C(F)(F)F)C(F)(F)F. The number of hydrogen-bond acceptors (Lipinski definition) is 5. The molecule has 0 saturated carbocycles. The second kappa shape index (κ2) is 8.36. The van der Waals surface area contributed by atoms with Gasteiger partial charge in [-0.2, -0.15) is 0 Å². The van der Waals surface area contributed by atoms with Gasteiger partial charge in [0.25, 0.3) is 0 Å². The number of para-hydroxylation sites is 1. The van der Waals surface area contributed by atoms with E-state index >= 15 is 0 Å². The topological polar surface area (TPSA) is 54.0 Å². The summed E-state index contributed by atoms with van der Waals surface area (Å²) >= 11 is 0. The molecule has 0 bridgehead atoms. The Morgan fingerprint density at radius 2 is 1.00 bits per heavy atom. The van der Waals surface area contributed by atoms with Gasteiger partial charge in [-0.1, -0.05) is 0 Å². The molecule has 0 aromatic heterocycles. The molecule has 0 atom stereocenters. The zero-order valence-corrected chi connectivity index (χ0v) is 22.0. The number of fused-ring (bicyclic) bond motifs is 7. The summed E-state index contributed by atoms with van der Waals surface area (Å²) in [6, 6.07) is 24.2. The van der Waals surface area contributed by atoms with Crippen molar-refractivity contribution in [1.82, 2.24) is 0 Å². The Balaban J connectivity index is 1.66.